The molecule has 0 radical (unpaired) electrons. The van der Waals surface area contributed by atoms with Gasteiger partial charge in [-0.05, 0) is 67.9 Å². The Bertz CT molecular complexity index is 264. The molecule has 1 N–H and O–H groups in total. The molecule has 0 saturated carbocycles. The summed E-state index contributed by atoms with van der Waals surface area (Å²) in [7, 11) is -2.45. The topological polar surface area (TPSA) is 30.5 Å². The van der Waals surface area contributed by atoms with Crippen LogP contribution in [0.4, 0.5) is 0 Å². The summed E-state index contributed by atoms with van der Waals surface area (Å²) in [6.45, 7) is 21.4. The van der Waals surface area contributed by atoms with E-state index in [9.17, 15) is 0 Å². The van der Waals surface area contributed by atoms with Crippen LogP contribution in [0.2, 0.25) is 6.55 Å². The van der Waals surface area contributed by atoms with Gasteiger partial charge in [-0.2, -0.15) is 0 Å². The molecular weight excluding hydrogens is 254 g/mol. The van der Waals surface area contributed by atoms with Crippen molar-refractivity contribution < 1.29 is 8.85 Å². The van der Waals surface area contributed by atoms with Crippen molar-refractivity contribution in [1.82, 2.24) is 4.98 Å². The van der Waals surface area contributed by atoms with E-state index in [-0.39, 0.29) is 16.7 Å². The Morgan fingerprint density at radius 1 is 0.789 bits per heavy atom. The van der Waals surface area contributed by atoms with E-state index in [2.05, 4.69) is 73.8 Å². The standard InChI is InChI=1S/C15H35NO2Si/c1-11-14(6,7)17-19(10,16-13(3,4)5)18-15(8,9)12-2/h16H,11-12H2,1-10H3. The summed E-state index contributed by atoms with van der Waals surface area (Å²) in [5.74, 6) is 0. The van der Waals surface area contributed by atoms with Crippen molar-refractivity contribution in [3.8, 4) is 0 Å². The van der Waals surface area contributed by atoms with Crippen molar-refractivity contribution in [1.29, 1.82) is 0 Å². The zero-order valence-corrected chi connectivity index (χ0v) is 15.7. The van der Waals surface area contributed by atoms with Gasteiger partial charge in [0, 0.05) is 5.54 Å². The number of hydrogen-bond acceptors (Lipinski definition) is 3. The highest BCUT2D eigenvalue weighted by molar-refractivity contribution is 6.63. The molecule has 0 aliphatic rings. The molecule has 0 aliphatic carbocycles. The van der Waals surface area contributed by atoms with Crippen LogP contribution in [0, 0.1) is 0 Å². The second-order valence-corrected chi connectivity index (χ2v) is 10.3. The normalized spacial score (nSPS) is 14.8. The van der Waals surface area contributed by atoms with E-state index in [1.807, 2.05) is 0 Å². The zero-order chi connectivity index (χ0) is 15.5. The molecule has 0 aromatic heterocycles. The minimum absolute atomic E-state index is 0.0192. The first kappa shape index (κ1) is 19.1. The predicted molar refractivity (Wildman–Crippen MR) is 85.4 cm³/mol. The van der Waals surface area contributed by atoms with Gasteiger partial charge in [0.05, 0.1) is 11.2 Å². The summed E-state index contributed by atoms with van der Waals surface area (Å²) >= 11 is 0. The van der Waals surface area contributed by atoms with E-state index in [1.165, 1.54) is 0 Å². The molecule has 0 fully saturated rings. The lowest BCUT2D eigenvalue weighted by Gasteiger charge is -2.43. The second kappa shape index (κ2) is 6.25. The van der Waals surface area contributed by atoms with Crippen molar-refractivity contribution in [2.75, 3.05) is 0 Å². The minimum Gasteiger partial charge on any atom is -0.378 e. The SMILES string of the molecule is CCC(C)(C)O[Si](C)(NC(C)(C)C)OC(C)(C)CC. The van der Waals surface area contributed by atoms with Gasteiger partial charge in [-0.25, -0.2) is 0 Å². The predicted octanol–water partition coefficient (Wildman–Crippen LogP) is 4.35. The van der Waals surface area contributed by atoms with Crippen LogP contribution in [0.5, 0.6) is 0 Å². The molecule has 0 aliphatic heterocycles. The summed E-state index contributed by atoms with van der Waals surface area (Å²) in [6, 6.07) is 0. The third-order valence-electron chi connectivity index (χ3n) is 3.25. The monoisotopic (exact) mass is 289 g/mol. The lowest BCUT2D eigenvalue weighted by atomic mass is 10.1. The highest BCUT2D eigenvalue weighted by Gasteiger charge is 2.44. The zero-order valence-electron chi connectivity index (χ0n) is 14.7. The molecule has 0 atom stereocenters. The molecule has 0 saturated heterocycles. The van der Waals surface area contributed by atoms with E-state index >= 15 is 0 Å². The summed E-state index contributed by atoms with van der Waals surface area (Å²) in [5, 5.41) is 0. The van der Waals surface area contributed by atoms with Crippen LogP contribution in [0.15, 0.2) is 0 Å². The molecule has 0 aromatic rings. The molecule has 0 rings (SSSR count). The Labute approximate surface area is 121 Å². The number of nitrogens with one attached hydrogen (secondary N) is 1. The first-order chi connectivity index (χ1) is 8.24. The van der Waals surface area contributed by atoms with Crippen LogP contribution in [0.3, 0.4) is 0 Å². The van der Waals surface area contributed by atoms with Gasteiger partial charge in [-0.1, -0.05) is 13.8 Å². The fraction of sp³-hybridized carbons (Fsp3) is 1.00. The smallest absolute Gasteiger partial charge is 0.378 e. The molecule has 0 heterocycles. The van der Waals surface area contributed by atoms with E-state index in [0.29, 0.717) is 0 Å². The highest BCUT2D eigenvalue weighted by Crippen LogP contribution is 2.27. The molecule has 0 unspecified atom stereocenters. The van der Waals surface area contributed by atoms with Gasteiger partial charge >= 0.3 is 8.72 Å². The van der Waals surface area contributed by atoms with E-state index in [1.54, 1.807) is 0 Å². The lowest BCUT2D eigenvalue weighted by Crippen LogP contribution is -2.65. The van der Waals surface area contributed by atoms with Crippen LogP contribution in [-0.2, 0) is 8.85 Å². The van der Waals surface area contributed by atoms with Gasteiger partial charge in [0.15, 0.2) is 0 Å². The van der Waals surface area contributed by atoms with Gasteiger partial charge in [-0.15, -0.1) is 0 Å². The summed E-state index contributed by atoms with van der Waals surface area (Å²) in [4.78, 5) is 3.61. The molecule has 0 aromatic carbocycles. The average molecular weight is 290 g/mol. The Hall–Kier alpha value is 0.0969. The van der Waals surface area contributed by atoms with Gasteiger partial charge in [0.1, 0.15) is 0 Å². The minimum atomic E-state index is -2.45. The molecule has 0 spiro atoms. The fourth-order valence-corrected chi connectivity index (χ4v) is 5.86. The van der Waals surface area contributed by atoms with Crippen molar-refractivity contribution in [3.63, 3.8) is 0 Å². The second-order valence-electron chi connectivity index (χ2n) is 7.75. The first-order valence-corrected chi connectivity index (χ1v) is 9.75. The molecule has 3 nitrogen and oxygen atoms in total. The number of hydrogen-bond donors (Lipinski definition) is 1. The highest BCUT2D eigenvalue weighted by atomic mass is 28.4. The Kier molecular flexibility index (Phi) is 6.28. The maximum Gasteiger partial charge on any atom is 0.423 e. The molecule has 4 heteroatoms. The van der Waals surface area contributed by atoms with E-state index in [4.69, 9.17) is 8.85 Å². The van der Waals surface area contributed by atoms with E-state index in [0.717, 1.165) is 12.8 Å². The van der Waals surface area contributed by atoms with Crippen LogP contribution in [0.1, 0.15) is 75.2 Å². The first-order valence-electron chi connectivity index (χ1n) is 7.44. The Balaban J connectivity index is 5.13. The summed E-state index contributed by atoms with van der Waals surface area (Å²) < 4.78 is 12.8. The maximum absolute atomic E-state index is 6.39. The molecule has 0 bridgehead atoms. The lowest BCUT2D eigenvalue weighted by molar-refractivity contribution is -0.0109. The molecule has 19 heavy (non-hydrogen) atoms. The maximum atomic E-state index is 6.39. The van der Waals surface area contributed by atoms with Crippen molar-refractivity contribution in [2.45, 2.75) is 98.4 Å². The van der Waals surface area contributed by atoms with Crippen molar-refractivity contribution >= 4 is 8.72 Å². The third-order valence-corrected chi connectivity index (χ3v) is 6.34. The Morgan fingerprint density at radius 3 is 1.32 bits per heavy atom. The number of rotatable bonds is 7. The average Bonchev–Trinajstić information content (AvgIpc) is 2.12. The van der Waals surface area contributed by atoms with Gasteiger partial charge in [0.25, 0.3) is 0 Å². The van der Waals surface area contributed by atoms with Crippen molar-refractivity contribution in [2.24, 2.45) is 0 Å². The van der Waals surface area contributed by atoms with Gasteiger partial charge in [0.2, 0.25) is 0 Å². The quantitative estimate of drug-likeness (QED) is 0.707. The van der Waals surface area contributed by atoms with Crippen LogP contribution in [0.25, 0.3) is 0 Å². The van der Waals surface area contributed by atoms with Crippen LogP contribution >= 0.6 is 0 Å². The summed E-state index contributed by atoms with van der Waals surface area (Å²) in [6.07, 6.45) is 1.94. The molecule has 116 valence electrons. The molecular formula is C15H35NO2Si. The molecule has 0 amide bonds. The largest absolute Gasteiger partial charge is 0.423 e. The van der Waals surface area contributed by atoms with Crippen LogP contribution < -0.4 is 4.98 Å². The van der Waals surface area contributed by atoms with Gasteiger partial charge < -0.3 is 8.85 Å². The van der Waals surface area contributed by atoms with Crippen LogP contribution in [-0.4, -0.2) is 25.5 Å². The Morgan fingerprint density at radius 2 is 1.11 bits per heavy atom. The van der Waals surface area contributed by atoms with E-state index < -0.39 is 8.72 Å². The summed E-state index contributed by atoms with van der Waals surface area (Å²) in [5.41, 5.74) is -0.347. The third kappa shape index (κ3) is 8.08. The van der Waals surface area contributed by atoms with Crippen molar-refractivity contribution in [3.05, 3.63) is 0 Å². The fourth-order valence-electron chi connectivity index (χ4n) is 1.95. The van der Waals surface area contributed by atoms with Gasteiger partial charge in [-0.3, -0.25) is 4.98 Å².